The first kappa shape index (κ1) is 17.1. The number of anilines is 2. The van der Waals surface area contributed by atoms with E-state index in [1.165, 1.54) is 6.92 Å². The van der Waals surface area contributed by atoms with E-state index in [1.807, 2.05) is 0 Å². The molecule has 0 aromatic heterocycles. The van der Waals surface area contributed by atoms with Crippen LogP contribution in [0.15, 0.2) is 42.5 Å². The normalized spacial score (nSPS) is 10.0. The Morgan fingerprint density at radius 2 is 1.74 bits per heavy atom. The molecule has 0 aliphatic carbocycles. The molecule has 2 rings (SSSR count). The maximum Gasteiger partial charge on any atom is 0.262 e. The Morgan fingerprint density at radius 3 is 2.39 bits per heavy atom. The highest BCUT2D eigenvalue weighted by Gasteiger charge is 2.07. The molecule has 0 bridgehead atoms. The predicted octanol–water partition coefficient (Wildman–Crippen LogP) is 3.97. The zero-order valence-corrected chi connectivity index (χ0v) is 13.7. The van der Waals surface area contributed by atoms with E-state index in [-0.39, 0.29) is 18.4 Å². The van der Waals surface area contributed by atoms with Gasteiger partial charge in [-0.2, -0.15) is 0 Å². The monoisotopic (exact) mass is 352 g/mol. The second-order valence-corrected chi connectivity index (χ2v) is 5.51. The van der Waals surface area contributed by atoms with Crippen molar-refractivity contribution >= 4 is 46.4 Å². The lowest BCUT2D eigenvalue weighted by Gasteiger charge is -2.09. The van der Waals surface area contributed by atoms with Crippen LogP contribution >= 0.6 is 23.2 Å². The first-order valence-corrected chi connectivity index (χ1v) is 7.45. The average Bonchev–Trinajstić information content (AvgIpc) is 2.50. The molecule has 0 unspecified atom stereocenters. The standard InChI is InChI=1S/C16H14Cl2N2O3/c1-10(21)19-12-3-5-13(6-4-12)23-9-16(22)20-15-8-11(17)2-7-14(15)18/h2-8H,9H2,1H3,(H,19,21)(H,20,22). The van der Waals surface area contributed by atoms with Crippen molar-refractivity contribution in [1.29, 1.82) is 0 Å². The molecule has 0 radical (unpaired) electrons. The Kier molecular flexibility index (Phi) is 5.84. The number of amides is 2. The van der Waals surface area contributed by atoms with E-state index in [0.29, 0.717) is 27.2 Å². The van der Waals surface area contributed by atoms with Gasteiger partial charge in [-0.1, -0.05) is 23.2 Å². The molecule has 0 fully saturated rings. The van der Waals surface area contributed by atoms with Crippen LogP contribution in [-0.2, 0) is 9.59 Å². The summed E-state index contributed by atoms with van der Waals surface area (Å²) in [5.41, 5.74) is 1.08. The Morgan fingerprint density at radius 1 is 1.04 bits per heavy atom. The maximum atomic E-state index is 11.9. The number of halogens is 2. The number of carbonyl (C=O) groups is 2. The van der Waals surface area contributed by atoms with E-state index in [2.05, 4.69) is 10.6 Å². The van der Waals surface area contributed by atoms with Gasteiger partial charge < -0.3 is 15.4 Å². The van der Waals surface area contributed by atoms with Crippen molar-refractivity contribution in [2.45, 2.75) is 6.92 Å². The minimum atomic E-state index is -0.361. The number of hydrogen-bond acceptors (Lipinski definition) is 3. The predicted molar refractivity (Wildman–Crippen MR) is 91.3 cm³/mol. The first-order valence-electron chi connectivity index (χ1n) is 6.69. The van der Waals surface area contributed by atoms with Crippen molar-refractivity contribution in [1.82, 2.24) is 0 Å². The Bertz CT molecular complexity index is 718. The van der Waals surface area contributed by atoms with Gasteiger partial charge in [0.25, 0.3) is 5.91 Å². The first-order chi connectivity index (χ1) is 10.9. The number of rotatable bonds is 5. The van der Waals surface area contributed by atoms with Crippen LogP contribution in [-0.4, -0.2) is 18.4 Å². The highest BCUT2D eigenvalue weighted by molar-refractivity contribution is 6.35. The van der Waals surface area contributed by atoms with Crippen LogP contribution in [0, 0.1) is 0 Å². The number of benzene rings is 2. The van der Waals surface area contributed by atoms with Crippen molar-refractivity contribution in [3.05, 3.63) is 52.5 Å². The van der Waals surface area contributed by atoms with E-state index in [0.717, 1.165) is 0 Å². The smallest absolute Gasteiger partial charge is 0.262 e. The van der Waals surface area contributed by atoms with Gasteiger partial charge in [-0.25, -0.2) is 0 Å². The molecule has 2 N–H and O–H groups in total. The molecular formula is C16H14Cl2N2O3. The third-order valence-electron chi connectivity index (χ3n) is 2.75. The highest BCUT2D eigenvalue weighted by Crippen LogP contribution is 2.25. The largest absolute Gasteiger partial charge is 0.484 e. The lowest BCUT2D eigenvalue weighted by molar-refractivity contribution is -0.118. The van der Waals surface area contributed by atoms with Crippen LogP contribution in [0.3, 0.4) is 0 Å². The summed E-state index contributed by atoms with van der Waals surface area (Å²) in [6.45, 7) is 1.25. The molecule has 120 valence electrons. The van der Waals surface area contributed by atoms with E-state index in [9.17, 15) is 9.59 Å². The van der Waals surface area contributed by atoms with Gasteiger partial charge in [0.15, 0.2) is 6.61 Å². The van der Waals surface area contributed by atoms with Crippen LogP contribution in [0.1, 0.15) is 6.92 Å². The van der Waals surface area contributed by atoms with Crippen molar-refractivity contribution < 1.29 is 14.3 Å². The number of carbonyl (C=O) groups excluding carboxylic acids is 2. The molecule has 2 aromatic carbocycles. The number of nitrogens with one attached hydrogen (secondary N) is 2. The molecule has 0 saturated heterocycles. The van der Waals surface area contributed by atoms with Crippen LogP contribution in [0.25, 0.3) is 0 Å². The molecular weight excluding hydrogens is 339 g/mol. The van der Waals surface area contributed by atoms with Gasteiger partial charge in [-0.3, -0.25) is 9.59 Å². The highest BCUT2D eigenvalue weighted by atomic mass is 35.5. The molecule has 0 atom stereocenters. The minimum absolute atomic E-state index is 0.156. The SMILES string of the molecule is CC(=O)Nc1ccc(OCC(=O)Nc2cc(Cl)ccc2Cl)cc1. The van der Waals surface area contributed by atoms with Crippen molar-refractivity contribution in [3.63, 3.8) is 0 Å². The molecule has 7 heteroatoms. The number of hydrogen-bond donors (Lipinski definition) is 2. The summed E-state index contributed by atoms with van der Waals surface area (Å²) in [5.74, 6) is -0.0111. The van der Waals surface area contributed by atoms with Gasteiger partial charge >= 0.3 is 0 Å². The summed E-state index contributed by atoms with van der Waals surface area (Å²) in [7, 11) is 0. The molecule has 0 heterocycles. The topological polar surface area (TPSA) is 67.4 Å². The van der Waals surface area contributed by atoms with Crippen molar-refractivity contribution in [3.8, 4) is 5.75 Å². The molecule has 5 nitrogen and oxygen atoms in total. The summed E-state index contributed by atoms with van der Waals surface area (Å²) < 4.78 is 5.37. The molecule has 0 spiro atoms. The van der Waals surface area contributed by atoms with Crippen molar-refractivity contribution in [2.75, 3.05) is 17.2 Å². The van der Waals surface area contributed by atoms with Gasteiger partial charge in [0.05, 0.1) is 10.7 Å². The quantitative estimate of drug-likeness (QED) is 0.855. The Labute approximate surface area is 143 Å². The molecule has 0 aliphatic heterocycles. The summed E-state index contributed by atoms with van der Waals surface area (Å²) in [6, 6.07) is 11.5. The summed E-state index contributed by atoms with van der Waals surface area (Å²) in [5, 5.41) is 6.12. The molecule has 2 amide bonds. The van der Waals surface area contributed by atoms with Crippen LogP contribution in [0.4, 0.5) is 11.4 Å². The van der Waals surface area contributed by atoms with E-state index in [1.54, 1.807) is 42.5 Å². The van der Waals surface area contributed by atoms with Crippen LogP contribution in [0.5, 0.6) is 5.75 Å². The lowest BCUT2D eigenvalue weighted by atomic mass is 10.3. The summed E-state index contributed by atoms with van der Waals surface area (Å²) in [6.07, 6.45) is 0. The molecule has 0 saturated carbocycles. The second kappa shape index (κ2) is 7.85. The zero-order chi connectivity index (χ0) is 16.8. The van der Waals surface area contributed by atoms with E-state index in [4.69, 9.17) is 27.9 Å². The van der Waals surface area contributed by atoms with Gasteiger partial charge in [0, 0.05) is 17.6 Å². The minimum Gasteiger partial charge on any atom is -0.484 e. The molecule has 23 heavy (non-hydrogen) atoms. The van der Waals surface area contributed by atoms with Gasteiger partial charge in [-0.15, -0.1) is 0 Å². The third-order valence-corrected chi connectivity index (χ3v) is 3.31. The van der Waals surface area contributed by atoms with E-state index >= 15 is 0 Å². The molecule has 2 aromatic rings. The fourth-order valence-corrected chi connectivity index (χ4v) is 2.10. The van der Waals surface area contributed by atoms with Crippen LogP contribution < -0.4 is 15.4 Å². The fourth-order valence-electron chi connectivity index (χ4n) is 1.77. The van der Waals surface area contributed by atoms with Crippen LogP contribution in [0.2, 0.25) is 10.0 Å². The molecule has 0 aliphatic rings. The fraction of sp³-hybridized carbons (Fsp3) is 0.125. The second-order valence-electron chi connectivity index (χ2n) is 4.67. The maximum absolute atomic E-state index is 11.9. The number of ether oxygens (including phenoxy) is 1. The van der Waals surface area contributed by atoms with Gasteiger partial charge in [-0.05, 0) is 42.5 Å². The van der Waals surface area contributed by atoms with Gasteiger partial charge in [0.2, 0.25) is 5.91 Å². The third kappa shape index (κ3) is 5.47. The average molecular weight is 353 g/mol. The van der Waals surface area contributed by atoms with Gasteiger partial charge in [0.1, 0.15) is 5.75 Å². The van der Waals surface area contributed by atoms with Crippen molar-refractivity contribution in [2.24, 2.45) is 0 Å². The Balaban J connectivity index is 1.89. The summed E-state index contributed by atoms with van der Waals surface area (Å²) in [4.78, 5) is 22.8. The summed E-state index contributed by atoms with van der Waals surface area (Å²) >= 11 is 11.8. The lowest BCUT2D eigenvalue weighted by Crippen LogP contribution is -2.20. The van der Waals surface area contributed by atoms with E-state index < -0.39 is 0 Å². The Hall–Kier alpha value is -2.24. The zero-order valence-electron chi connectivity index (χ0n) is 12.2.